The molecular formula is C16H25ClN2O4. The third kappa shape index (κ3) is 6.46. The Labute approximate surface area is 143 Å². The molecule has 3 N–H and O–H groups in total. The number of hydrogen-bond donors (Lipinski definition) is 2. The monoisotopic (exact) mass is 344 g/mol. The number of nitrogens with one attached hydrogen (secondary N) is 1. The molecule has 0 aliphatic rings. The number of amides is 1. The first-order chi connectivity index (χ1) is 10.1. The van der Waals surface area contributed by atoms with Crippen molar-refractivity contribution in [3.05, 3.63) is 23.8 Å². The first-order valence-corrected chi connectivity index (χ1v) is 7.02. The molecule has 23 heavy (non-hydrogen) atoms. The highest BCUT2D eigenvalue weighted by molar-refractivity contribution is 5.95. The van der Waals surface area contributed by atoms with E-state index in [4.69, 9.17) is 10.5 Å². The number of methoxy groups -OCH3 is 1. The summed E-state index contributed by atoms with van der Waals surface area (Å²) in [5.41, 5.74) is 7.09. The van der Waals surface area contributed by atoms with E-state index in [-0.39, 0.29) is 30.3 Å². The third-order valence-electron chi connectivity index (χ3n) is 3.26. The Morgan fingerprint density at radius 1 is 1.30 bits per heavy atom. The van der Waals surface area contributed by atoms with Gasteiger partial charge in [-0.1, -0.05) is 20.8 Å². The van der Waals surface area contributed by atoms with Gasteiger partial charge in [-0.05, 0) is 36.1 Å². The van der Waals surface area contributed by atoms with Crippen molar-refractivity contribution in [2.75, 3.05) is 19.0 Å². The third-order valence-corrected chi connectivity index (χ3v) is 3.26. The lowest BCUT2D eigenvalue weighted by atomic mass is 9.87. The van der Waals surface area contributed by atoms with Crippen LogP contribution >= 0.6 is 12.4 Å². The number of rotatable bonds is 5. The number of ether oxygens (including phenoxy) is 2. The van der Waals surface area contributed by atoms with E-state index in [1.165, 1.54) is 7.11 Å². The molecule has 0 saturated carbocycles. The molecule has 6 nitrogen and oxygen atoms in total. The molecule has 1 amide bonds. The van der Waals surface area contributed by atoms with Crippen molar-refractivity contribution in [3.63, 3.8) is 0 Å². The number of anilines is 1. The quantitative estimate of drug-likeness (QED) is 0.800. The van der Waals surface area contributed by atoms with Crippen LogP contribution in [0.1, 0.15) is 26.3 Å². The minimum Gasteiger partial charge on any atom is -0.482 e. The lowest BCUT2D eigenvalue weighted by Crippen LogP contribution is -2.45. The summed E-state index contributed by atoms with van der Waals surface area (Å²) in [7, 11) is 1.30. The summed E-state index contributed by atoms with van der Waals surface area (Å²) in [6.45, 7) is 7.41. The fourth-order valence-corrected chi connectivity index (χ4v) is 1.67. The maximum Gasteiger partial charge on any atom is 0.343 e. The molecule has 0 aliphatic heterocycles. The molecule has 0 heterocycles. The van der Waals surface area contributed by atoms with E-state index < -0.39 is 12.0 Å². The number of carbonyl (C=O) groups is 2. The molecule has 0 radical (unpaired) electrons. The summed E-state index contributed by atoms with van der Waals surface area (Å²) in [4.78, 5) is 23.2. The lowest BCUT2D eigenvalue weighted by molar-refractivity contribution is -0.142. The molecule has 1 rings (SSSR count). The molecule has 1 aromatic carbocycles. The minimum absolute atomic E-state index is 0. The number of esters is 1. The molecule has 0 aliphatic carbocycles. The predicted octanol–water partition coefficient (Wildman–Crippen LogP) is 2.28. The highest BCUT2D eigenvalue weighted by Crippen LogP contribution is 2.23. The van der Waals surface area contributed by atoms with Gasteiger partial charge >= 0.3 is 5.97 Å². The number of carbonyl (C=O) groups excluding carboxylic acids is 2. The van der Waals surface area contributed by atoms with Crippen molar-refractivity contribution in [1.29, 1.82) is 0 Å². The van der Waals surface area contributed by atoms with Gasteiger partial charge in [0.05, 0.1) is 13.2 Å². The predicted molar refractivity (Wildman–Crippen MR) is 92.0 cm³/mol. The van der Waals surface area contributed by atoms with Gasteiger partial charge in [-0.2, -0.15) is 0 Å². The maximum atomic E-state index is 12.1. The van der Waals surface area contributed by atoms with Gasteiger partial charge in [0.15, 0.2) is 6.61 Å². The molecule has 1 aromatic rings. The van der Waals surface area contributed by atoms with Crippen LogP contribution in [0, 0.1) is 12.3 Å². The van der Waals surface area contributed by atoms with Crippen molar-refractivity contribution in [3.8, 4) is 5.75 Å². The first kappa shape index (κ1) is 21.2. The normalized spacial score (nSPS) is 11.9. The van der Waals surface area contributed by atoms with Crippen molar-refractivity contribution < 1.29 is 19.1 Å². The molecule has 0 unspecified atom stereocenters. The summed E-state index contributed by atoms with van der Waals surface area (Å²) in [6, 6.07) is 4.52. The molecule has 130 valence electrons. The Morgan fingerprint density at radius 2 is 1.91 bits per heavy atom. The van der Waals surface area contributed by atoms with Gasteiger partial charge in [0.1, 0.15) is 5.75 Å². The molecule has 1 atom stereocenters. The maximum absolute atomic E-state index is 12.1. The molecular weight excluding hydrogens is 320 g/mol. The second kappa shape index (κ2) is 8.74. The van der Waals surface area contributed by atoms with Gasteiger partial charge in [-0.3, -0.25) is 4.79 Å². The van der Waals surface area contributed by atoms with Crippen LogP contribution < -0.4 is 15.8 Å². The molecule has 7 heteroatoms. The first-order valence-electron chi connectivity index (χ1n) is 7.02. The number of halogens is 1. The van der Waals surface area contributed by atoms with E-state index in [1.807, 2.05) is 27.7 Å². The van der Waals surface area contributed by atoms with Crippen molar-refractivity contribution in [2.45, 2.75) is 33.7 Å². The summed E-state index contributed by atoms with van der Waals surface area (Å²) < 4.78 is 9.79. The standard InChI is InChI=1S/C16H24N2O4.ClH/c1-10-8-11(22-9-13(19)21-5)6-7-12(10)18-15(20)14(17)16(2,3)4;/h6-8,14H,9,17H2,1-5H3,(H,18,20);1H/t14-;/m1./s1. The van der Waals surface area contributed by atoms with Crippen LogP contribution in [0.4, 0.5) is 5.69 Å². The summed E-state index contributed by atoms with van der Waals surface area (Å²) >= 11 is 0. The van der Waals surface area contributed by atoms with Gasteiger partial charge in [-0.15, -0.1) is 12.4 Å². The van der Waals surface area contributed by atoms with Gasteiger partial charge in [0.2, 0.25) is 5.91 Å². The van der Waals surface area contributed by atoms with Crippen LogP contribution in [0.5, 0.6) is 5.75 Å². The second-order valence-corrected chi connectivity index (χ2v) is 6.17. The second-order valence-electron chi connectivity index (χ2n) is 6.17. The van der Waals surface area contributed by atoms with E-state index in [0.29, 0.717) is 11.4 Å². The number of nitrogens with two attached hydrogens (primary N) is 1. The smallest absolute Gasteiger partial charge is 0.343 e. The SMILES string of the molecule is COC(=O)COc1ccc(NC(=O)[C@@H](N)C(C)(C)C)c(C)c1.Cl. The van der Waals surface area contributed by atoms with Crippen molar-refractivity contribution in [2.24, 2.45) is 11.1 Å². The molecule has 0 fully saturated rings. The van der Waals surface area contributed by atoms with E-state index in [0.717, 1.165) is 5.56 Å². The zero-order valence-corrected chi connectivity index (χ0v) is 15.0. The topological polar surface area (TPSA) is 90.6 Å². The lowest BCUT2D eigenvalue weighted by Gasteiger charge is -2.26. The van der Waals surface area contributed by atoms with Gasteiger partial charge in [-0.25, -0.2) is 4.79 Å². The summed E-state index contributed by atoms with van der Waals surface area (Å²) in [5.74, 6) is -0.161. The molecule has 0 aromatic heterocycles. The Morgan fingerprint density at radius 3 is 2.39 bits per heavy atom. The van der Waals surface area contributed by atoms with E-state index >= 15 is 0 Å². The highest BCUT2D eigenvalue weighted by atomic mass is 35.5. The number of benzene rings is 1. The Hall–Kier alpha value is -1.79. The molecule has 0 bridgehead atoms. The minimum atomic E-state index is -0.609. The zero-order chi connectivity index (χ0) is 16.9. The molecule has 0 saturated heterocycles. The van der Waals surface area contributed by atoms with Crippen LogP contribution in [0.3, 0.4) is 0 Å². The Balaban J connectivity index is 0.00000484. The van der Waals surface area contributed by atoms with E-state index in [1.54, 1.807) is 18.2 Å². The molecule has 0 spiro atoms. The fraction of sp³-hybridized carbons (Fsp3) is 0.500. The van der Waals surface area contributed by atoms with Gasteiger partial charge < -0.3 is 20.5 Å². The average Bonchev–Trinajstić information content (AvgIpc) is 2.45. The number of hydrogen-bond acceptors (Lipinski definition) is 5. The van der Waals surface area contributed by atoms with Gasteiger partial charge in [0.25, 0.3) is 0 Å². The van der Waals surface area contributed by atoms with Crippen molar-refractivity contribution >= 4 is 30.0 Å². The van der Waals surface area contributed by atoms with Gasteiger partial charge in [0, 0.05) is 5.69 Å². The Kier molecular flexibility index (Phi) is 8.06. The summed E-state index contributed by atoms with van der Waals surface area (Å²) in [5, 5.41) is 2.81. The fourth-order valence-electron chi connectivity index (χ4n) is 1.67. The summed E-state index contributed by atoms with van der Waals surface area (Å²) in [6.07, 6.45) is 0. The van der Waals surface area contributed by atoms with Crippen LogP contribution in [0.25, 0.3) is 0 Å². The number of aryl methyl sites for hydroxylation is 1. The van der Waals surface area contributed by atoms with E-state index in [2.05, 4.69) is 10.1 Å². The van der Waals surface area contributed by atoms with Crippen LogP contribution in [-0.2, 0) is 14.3 Å². The Bertz CT molecular complexity index is 556. The average molecular weight is 345 g/mol. The highest BCUT2D eigenvalue weighted by Gasteiger charge is 2.27. The van der Waals surface area contributed by atoms with Crippen LogP contribution in [-0.4, -0.2) is 31.6 Å². The van der Waals surface area contributed by atoms with Crippen LogP contribution in [0.2, 0.25) is 0 Å². The van der Waals surface area contributed by atoms with E-state index in [9.17, 15) is 9.59 Å². The zero-order valence-electron chi connectivity index (χ0n) is 14.1. The van der Waals surface area contributed by atoms with Crippen LogP contribution in [0.15, 0.2) is 18.2 Å². The largest absolute Gasteiger partial charge is 0.482 e. The van der Waals surface area contributed by atoms with Crippen molar-refractivity contribution in [1.82, 2.24) is 0 Å².